The van der Waals surface area contributed by atoms with Crippen LogP contribution in [0.25, 0.3) is 0 Å². The molecular weight excluding hydrogens is 432 g/mol. The summed E-state index contributed by atoms with van der Waals surface area (Å²) >= 11 is 6.06. The number of aryl methyl sites for hydroxylation is 1. The molecular formula is C22H19ClN6O3. The van der Waals surface area contributed by atoms with Crippen molar-refractivity contribution in [3.63, 3.8) is 0 Å². The van der Waals surface area contributed by atoms with Crippen molar-refractivity contribution in [3.8, 4) is 5.75 Å². The van der Waals surface area contributed by atoms with Crippen LogP contribution in [0.15, 0.2) is 73.1 Å². The smallest absolute Gasteiger partial charge is 0.276 e. The van der Waals surface area contributed by atoms with Gasteiger partial charge in [-0.05, 0) is 48.5 Å². The second-order valence-electron chi connectivity index (χ2n) is 6.80. The number of nitrogens with zero attached hydrogens (tertiary/aromatic N) is 4. The third kappa shape index (κ3) is 5.13. The zero-order valence-electron chi connectivity index (χ0n) is 17.0. The first-order valence-corrected chi connectivity index (χ1v) is 9.99. The number of aromatic nitrogens is 4. The summed E-state index contributed by atoms with van der Waals surface area (Å²) in [6, 6.07) is 17.1. The highest BCUT2D eigenvalue weighted by Gasteiger charge is 2.12. The van der Waals surface area contributed by atoms with E-state index in [4.69, 9.17) is 16.3 Å². The topological polar surface area (TPSA) is 103 Å². The van der Waals surface area contributed by atoms with E-state index in [0.29, 0.717) is 27.8 Å². The van der Waals surface area contributed by atoms with Crippen LogP contribution in [-0.2, 0) is 13.8 Å². The van der Waals surface area contributed by atoms with Crippen LogP contribution in [0.1, 0.15) is 21.0 Å². The molecule has 0 aliphatic rings. The minimum Gasteiger partial charge on any atom is -0.470 e. The molecule has 0 fully saturated rings. The molecule has 0 unspecified atom stereocenters. The van der Waals surface area contributed by atoms with Crippen LogP contribution in [0, 0.1) is 0 Å². The number of rotatable bonds is 7. The van der Waals surface area contributed by atoms with E-state index >= 15 is 0 Å². The fourth-order valence-corrected chi connectivity index (χ4v) is 3.01. The van der Waals surface area contributed by atoms with Crippen LogP contribution in [0.2, 0.25) is 5.02 Å². The van der Waals surface area contributed by atoms with E-state index < -0.39 is 0 Å². The van der Waals surface area contributed by atoms with Crippen molar-refractivity contribution in [1.82, 2.24) is 19.6 Å². The van der Waals surface area contributed by atoms with Crippen LogP contribution in [0.5, 0.6) is 5.75 Å². The normalized spacial score (nSPS) is 10.6. The lowest BCUT2D eigenvalue weighted by molar-refractivity contribution is 0.101. The highest BCUT2D eigenvalue weighted by molar-refractivity contribution is 6.32. The minimum atomic E-state index is -0.369. The van der Waals surface area contributed by atoms with E-state index in [2.05, 4.69) is 20.8 Å². The summed E-state index contributed by atoms with van der Waals surface area (Å²) in [5, 5.41) is 14.3. The average molecular weight is 451 g/mol. The van der Waals surface area contributed by atoms with E-state index in [0.717, 1.165) is 0 Å². The highest BCUT2D eigenvalue weighted by Crippen LogP contribution is 2.23. The molecule has 0 saturated carbocycles. The number of hydrogen-bond donors (Lipinski definition) is 2. The number of hydrogen-bond acceptors (Lipinski definition) is 5. The molecule has 2 heterocycles. The third-order valence-electron chi connectivity index (χ3n) is 4.41. The summed E-state index contributed by atoms with van der Waals surface area (Å²) in [6.07, 6.45) is 3.33. The lowest BCUT2D eigenvalue weighted by Crippen LogP contribution is -2.15. The van der Waals surface area contributed by atoms with E-state index in [9.17, 15) is 9.59 Å². The molecule has 10 heteroatoms. The first-order chi connectivity index (χ1) is 15.5. The lowest BCUT2D eigenvalue weighted by atomic mass is 10.2. The Morgan fingerprint density at radius 3 is 2.06 bits per heavy atom. The van der Waals surface area contributed by atoms with Gasteiger partial charge in [-0.3, -0.25) is 14.3 Å². The summed E-state index contributed by atoms with van der Waals surface area (Å²) in [4.78, 5) is 24.6. The average Bonchev–Trinajstić information content (AvgIpc) is 3.44. The van der Waals surface area contributed by atoms with Crippen LogP contribution >= 0.6 is 11.6 Å². The Hall–Kier alpha value is -4.11. The van der Waals surface area contributed by atoms with Crippen LogP contribution in [0.3, 0.4) is 0 Å². The second-order valence-corrected chi connectivity index (χ2v) is 7.21. The molecule has 0 aliphatic carbocycles. The van der Waals surface area contributed by atoms with Gasteiger partial charge in [0.1, 0.15) is 5.75 Å². The Bertz CT molecular complexity index is 1250. The number of anilines is 2. The molecule has 0 saturated heterocycles. The van der Waals surface area contributed by atoms with Crippen molar-refractivity contribution >= 4 is 34.8 Å². The molecule has 162 valence electrons. The molecule has 0 radical (unpaired) electrons. The Labute approximate surface area is 188 Å². The molecule has 2 aromatic heterocycles. The van der Waals surface area contributed by atoms with Crippen molar-refractivity contribution in [2.24, 2.45) is 7.05 Å². The van der Waals surface area contributed by atoms with Gasteiger partial charge in [-0.15, -0.1) is 0 Å². The maximum absolute atomic E-state index is 12.5. The molecule has 0 aliphatic heterocycles. The summed E-state index contributed by atoms with van der Waals surface area (Å²) in [5.74, 6) is -0.149. The van der Waals surface area contributed by atoms with Crippen molar-refractivity contribution in [2.45, 2.75) is 6.73 Å². The highest BCUT2D eigenvalue weighted by atomic mass is 35.5. The molecule has 0 spiro atoms. The molecule has 2 N–H and O–H groups in total. The number of carbonyl (C=O) groups excluding carboxylic acids is 2. The number of ether oxygens (including phenoxy) is 1. The lowest BCUT2D eigenvalue weighted by Gasteiger charge is -2.08. The Balaban J connectivity index is 1.32. The van der Waals surface area contributed by atoms with Gasteiger partial charge in [0.15, 0.2) is 18.1 Å². The summed E-state index contributed by atoms with van der Waals surface area (Å²) in [6.45, 7) is 0.113. The van der Waals surface area contributed by atoms with Crippen LogP contribution in [0.4, 0.5) is 11.4 Å². The van der Waals surface area contributed by atoms with E-state index in [-0.39, 0.29) is 24.2 Å². The summed E-state index contributed by atoms with van der Waals surface area (Å²) in [7, 11) is 1.74. The van der Waals surface area contributed by atoms with Gasteiger partial charge in [-0.25, -0.2) is 4.68 Å². The third-order valence-corrected chi connectivity index (χ3v) is 4.72. The van der Waals surface area contributed by atoms with Crippen LogP contribution in [-0.4, -0.2) is 31.4 Å². The fourth-order valence-electron chi connectivity index (χ4n) is 2.82. The number of benzene rings is 2. The molecule has 4 aromatic rings. The summed E-state index contributed by atoms with van der Waals surface area (Å²) in [5.41, 5.74) is 1.70. The fraction of sp³-hybridized carbons (Fsp3) is 0.0909. The Morgan fingerprint density at radius 1 is 0.875 bits per heavy atom. The first-order valence-electron chi connectivity index (χ1n) is 9.61. The predicted molar refractivity (Wildman–Crippen MR) is 120 cm³/mol. The maximum atomic E-state index is 12.5. The van der Waals surface area contributed by atoms with Gasteiger partial charge < -0.3 is 15.4 Å². The number of nitrogens with one attached hydrogen (secondary N) is 2. The minimum absolute atomic E-state index is 0.113. The molecule has 32 heavy (non-hydrogen) atoms. The molecule has 2 amide bonds. The first kappa shape index (κ1) is 21.1. The zero-order valence-corrected chi connectivity index (χ0v) is 17.8. The van der Waals surface area contributed by atoms with Crippen molar-refractivity contribution in [1.29, 1.82) is 0 Å². The second kappa shape index (κ2) is 9.36. The Kier molecular flexibility index (Phi) is 6.18. The van der Waals surface area contributed by atoms with Crippen molar-refractivity contribution in [2.75, 3.05) is 10.6 Å². The number of carbonyl (C=O) groups is 2. The molecule has 0 bridgehead atoms. The molecule has 2 aromatic carbocycles. The van der Waals surface area contributed by atoms with Gasteiger partial charge in [-0.1, -0.05) is 23.7 Å². The molecule has 4 rings (SSSR count). The largest absolute Gasteiger partial charge is 0.470 e. The van der Waals surface area contributed by atoms with Gasteiger partial charge in [0.05, 0.1) is 5.02 Å². The molecule has 9 nitrogen and oxygen atoms in total. The Morgan fingerprint density at radius 2 is 1.47 bits per heavy atom. The van der Waals surface area contributed by atoms with Crippen molar-refractivity contribution in [3.05, 3.63) is 89.5 Å². The number of para-hydroxylation sites is 1. The van der Waals surface area contributed by atoms with Crippen molar-refractivity contribution < 1.29 is 14.3 Å². The van der Waals surface area contributed by atoms with Gasteiger partial charge in [0, 0.05) is 30.8 Å². The van der Waals surface area contributed by atoms with E-state index in [1.165, 1.54) is 4.68 Å². The monoisotopic (exact) mass is 450 g/mol. The predicted octanol–water partition coefficient (Wildman–Crippen LogP) is 3.81. The van der Waals surface area contributed by atoms with Gasteiger partial charge >= 0.3 is 0 Å². The standard InChI is InChI=1S/C22H19ClN6O3/c1-28-12-10-18(26-28)21(30)24-15-6-8-16(9-7-15)25-22(31)19-11-13-29(27-19)14-32-20-5-3-2-4-17(20)23/h2-13H,14H2,1H3,(H,24,30)(H,25,31). The van der Waals surface area contributed by atoms with Gasteiger partial charge in [-0.2, -0.15) is 10.2 Å². The quantitative estimate of drug-likeness (QED) is 0.445. The van der Waals surface area contributed by atoms with Crippen LogP contribution < -0.4 is 15.4 Å². The maximum Gasteiger partial charge on any atom is 0.276 e. The van der Waals surface area contributed by atoms with E-state index in [1.807, 2.05) is 12.1 Å². The van der Waals surface area contributed by atoms with Gasteiger partial charge in [0.25, 0.3) is 11.8 Å². The van der Waals surface area contributed by atoms with Gasteiger partial charge in [0.2, 0.25) is 0 Å². The van der Waals surface area contributed by atoms with E-state index in [1.54, 1.807) is 72.7 Å². The molecule has 0 atom stereocenters. The SMILES string of the molecule is Cn1ccc(C(=O)Nc2ccc(NC(=O)c3ccn(COc4ccccc4Cl)n3)cc2)n1. The number of halogens is 1. The zero-order chi connectivity index (χ0) is 22.5. The summed E-state index contributed by atoms with van der Waals surface area (Å²) < 4.78 is 8.66. The number of amides is 2.